The highest BCUT2D eigenvalue weighted by atomic mass is 31.0. The van der Waals surface area contributed by atoms with Crippen LogP contribution >= 0.6 is 18.9 Å². The van der Waals surface area contributed by atoms with Gasteiger partial charge in [0, 0.05) is 18.2 Å². The second-order valence-corrected chi connectivity index (χ2v) is 10.4. The highest BCUT2D eigenvalue weighted by molar-refractivity contribution is 7.10. The summed E-state index contributed by atoms with van der Waals surface area (Å²) < 4.78 is 23.3. The van der Waals surface area contributed by atoms with Crippen LogP contribution in [-0.4, -0.2) is 36.2 Å². The fraction of sp³-hybridized carbons (Fsp3) is 0.379. The number of nitrogens with zero attached hydrogens (tertiary/aromatic N) is 1. The van der Waals surface area contributed by atoms with Crippen molar-refractivity contribution in [1.29, 1.82) is 0 Å². The Balaban J connectivity index is 1.41. The van der Waals surface area contributed by atoms with Crippen molar-refractivity contribution < 1.29 is 23.6 Å². The van der Waals surface area contributed by atoms with Crippen molar-refractivity contribution in [3.05, 3.63) is 83.4 Å². The van der Waals surface area contributed by atoms with Gasteiger partial charge in [-0.1, -0.05) is 30.7 Å². The molecule has 37 heavy (non-hydrogen) atoms. The highest BCUT2D eigenvalue weighted by Gasteiger charge is 2.47. The molecule has 6 nitrogen and oxygen atoms in total. The first-order valence-corrected chi connectivity index (χ1v) is 13.8. The molecule has 0 aliphatic carbocycles. The molecule has 3 aromatic carbocycles. The van der Waals surface area contributed by atoms with Gasteiger partial charge >= 0.3 is 0 Å². The van der Waals surface area contributed by atoms with E-state index in [4.69, 9.17) is 18.5 Å². The Morgan fingerprint density at radius 3 is 2.16 bits per heavy atom. The molecule has 2 heterocycles. The maximum atomic E-state index is 12.0. The van der Waals surface area contributed by atoms with Gasteiger partial charge in [-0.05, 0) is 80.4 Å². The second kappa shape index (κ2) is 11.6. The zero-order valence-corrected chi connectivity index (χ0v) is 23.4. The lowest BCUT2D eigenvalue weighted by molar-refractivity contribution is -0.0425. The van der Waals surface area contributed by atoms with Gasteiger partial charge < -0.3 is 23.6 Å². The molecule has 196 valence electrons. The van der Waals surface area contributed by atoms with Crippen LogP contribution in [0.15, 0.2) is 66.7 Å². The van der Waals surface area contributed by atoms with Gasteiger partial charge in [-0.2, -0.15) is 0 Å². The van der Waals surface area contributed by atoms with E-state index in [9.17, 15) is 5.11 Å². The van der Waals surface area contributed by atoms with Gasteiger partial charge in [-0.15, -0.1) is 0 Å². The Morgan fingerprint density at radius 2 is 1.49 bits per heavy atom. The number of piperidine rings is 1. The SMILES string of the molecule is CC1(O)c2ccc(OP)cc2OC(c2ccc(OCCN3CCCCC3)cc2)C1c1ccc(OP)cc1. The summed E-state index contributed by atoms with van der Waals surface area (Å²) in [5, 5.41) is 12.0. The molecule has 5 unspecified atom stereocenters. The van der Waals surface area contributed by atoms with Crippen LogP contribution in [0.1, 0.15) is 54.9 Å². The predicted octanol–water partition coefficient (Wildman–Crippen LogP) is 6.01. The van der Waals surface area contributed by atoms with Crippen LogP contribution in [0.4, 0.5) is 0 Å². The third-order valence-electron chi connectivity index (χ3n) is 7.51. The number of fused-ring (bicyclic) bond motifs is 1. The fourth-order valence-electron chi connectivity index (χ4n) is 5.50. The van der Waals surface area contributed by atoms with E-state index in [-0.39, 0.29) is 5.92 Å². The quantitative estimate of drug-likeness (QED) is 0.354. The number of ether oxygens (including phenoxy) is 2. The predicted molar refractivity (Wildman–Crippen MR) is 151 cm³/mol. The average molecular weight is 540 g/mol. The average Bonchev–Trinajstić information content (AvgIpc) is 2.93. The van der Waals surface area contributed by atoms with Gasteiger partial charge in [-0.3, -0.25) is 4.90 Å². The summed E-state index contributed by atoms with van der Waals surface area (Å²) in [5.74, 6) is 2.47. The number of rotatable bonds is 8. The van der Waals surface area contributed by atoms with Gasteiger partial charge in [0.15, 0.2) is 0 Å². The van der Waals surface area contributed by atoms with Crippen LogP contribution in [0.5, 0.6) is 23.0 Å². The third kappa shape index (κ3) is 5.73. The molecule has 8 heteroatoms. The minimum atomic E-state index is -1.19. The molecule has 0 saturated carbocycles. The molecule has 3 aromatic rings. The monoisotopic (exact) mass is 539 g/mol. The zero-order valence-electron chi connectivity index (χ0n) is 21.1. The van der Waals surface area contributed by atoms with Gasteiger partial charge in [0.25, 0.3) is 0 Å². The van der Waals surface area contributed by atoms with E-state index < -0.39 is 11.7 Å². The maximum absolute atomic E-state index is 12.0. The molecule has 5 atom stereocenters. The summed E-state index contributed by atoms with van der Waals surface area (Å²) in [5.41, 5.74) is 1.45. The van der Waals surface area contributed by atoms with Gasteiger partial charge in [0.05, 0.1) is 24.9 Å². The van der Waals surface area contributed by atoms with E-state index in [0.29, 0.717) is 18.1 Å². The van der Waals surface area contributed by atoms with Crippen molar-refractivity contribution in [3.63, 3.8) is 0 Å². The Morgan fingerprint density at radius 1 is 0.865 bits per heavy atom. The van der Waals surface area contributed by atoms with Crippen molar-refractivity contribution in [2.45, 2.75) is 43.8 Å². The first kappa shape index (κ1) is 26.3. The molecule has 1 N–H and O–H groups in total. The zero-order chi connectivity index (χ0) is 25.8. The standard InChI is InChI=1S/C29H35NO5P2/c1-29(31)25-14-13-24(35-37)19-26(25)33-28(27(29)20-5-11-23(34-36)12-6-20)21-7-9-22(10-8-21)32-18-17-30-15-3-2-4-16-30/h5-14,19,27-28,31H,2-4,15-18,36-37H2,1H3. The highest BCUT2D eigenvalue weighted by Crippen LogP contribution is 2.54. The van der Waals surface area contributed by atoms with E-state index >= 15 is 0 Å². The summed E-state index contributed by atoms with van der Waals surface area (Å²) in [6.07, 6.45) is 3.47. The molecule has 5 rings (SSSR count). The summed E-state index contributed by atoms with van der Waals surface area (Å²) in [6, 6.07) is 21.3. The number of aliphatic hydroxyl groups is 1. The van der Waals surface area contributed by atoms with E-state index in [1.165, 1.54) is 19.3 Å². The molecule has 2 aliphatic rings. The van der Waals surface area contributed by atoms with Gasteiger partial charge in [0.1, 0.15) is 41.3 Å². The smallest absolute Gasteiger partial charge is 0.134 e. The fourth-order valence-corrected chi connectivity index (χ4v) is 5.81. The van der Waals surface area contributed by atoms with Crippen LogP contribution in [0.2, 0.25) is 0 Å². The molecular formula is C29H35NO5P2. The lowest BCUT2D eigenvalue weighted by atomic mass is 9.71. The molecular weight excluding hydrogens is 504 g/mol. The van der Waals surface area contributed by atoms with E-state index in [1.807, 2.05) is 73.7 Å². The molecule has 0 amide bonds. The summed E-state index contributed by atoms with van der Waals surface area (Å²) >= 11 is 0. The Labute approximate surface area is 223 Å². The number of likely N-dealkylation sites (tertiary alicyclic amines) is 1. The summed E-state index contributed by atoms with van der Waals surface area (Å²) in [6.45, 7) is 5.80. The first-order valence-electron chi connectivity index (χ1n) is 12.8. The van der Waals surface area contributed by atoms with Crippen molar-refractivity contribution in [2.75, 3.05) is 26.2 Å². The largest absolute Gasteiger partial charge is 0.492 e. The van der Waals surface area contributed by atoms with Crippen molar-refractivity contribution in [2.24, 2.45) is 0 Å². The third-order valence-corrected chi connectivity index (χ3v) is 8.05. The van der Waals surface area contributed by atoms with Crippen molar-refractivity contribution in [3.8, 4) is 23.0 Å². The van der Waals surface area contributed by atoms with Crippen LogP contribution in [0.25, 0.3) is 0 Å². The van der Waals surface area contributed by atoms with Gasteiger partial charge in [-0.25, -0.2) is 0 Å². The molecule has 1 saturated heterocycles. The lowest BCUT2D eigenvalue weighted by Crippen LogP contribution is -2.40. The summed E-state index contributed by atoms with van der Waals surface area (Å²) in [4.78, 5) is 2.47. The maximum Gasteiger partial charge on any atom is 0.134 e. The normalized spacial score (nSPS) is 23.6. The number of benzene rings is 3. The molecule has 0 spiro atoms. The molecule has 0 bridgehead atoms. The van der Waals surface area contributed by atoms with Crippen molar-refractivity contribution in [1.82, 2.24) is 4.90 Å². The van der Waals surface area contributed by atoms with Crippen LogP contribution < -0.4 is 18.5 Å². The van der Waals surface area contributed by atoms with Gasteiger partial charge in [0.2, 0.25) is 0 Å². The molecule has 2 aliphatic heterocycles. The van der Waals surface area contributed by atoms with Crippen LogP contribution in [-0.2, 0) is 5.60 Å². The van der Waals surface area contributed by atoms with Crippen LogP contribution in [0.3, 0.4) is 0 Å². The van der Waals surface area contributed by atoms with E-state index in [2.05, 4.69) is 23.8 Å². The second-order valence-electron chi connectivity index (χ2n) is 9.95. The molecule has 1 fully saturated rings. The summed E-state index contributed by atoms with van der Waals surface area (Å²) in [7, 11) is 4.52. The Hall–Kier alpha value is -2.36. The lowest BCUT2D eigenvalue weighted by Gasteiger charge is -2.44. The van der Waals surface area contributed by atoms with E-state index in [0.717, 1.165) is 47.8 Å². The van der Waals surface area contributed by atoms with Crippen LogP contribution in [0, 0.1) is 0 Å². The molecule has 0 radical (unpaired) electrons. The number of hydrogen-bond donors (Lipinski definition) is 1. The minimum Gasteiger partial charge on any atom is -0.492 e. The number of hydrogen-bond acceptors (Lipinski definition) is 6. The van der Waals surface area contributed by atoms with Crippen molar-refractivity contribution >= 4 is 18.9 Å². The van der Waals surface area contributed by atoms with E-state index in [1.54, 1.807) is 0 Å². The molecule has 0 aromatic heterocycles. The Kier molecular flexibility index (Phi) is 8.21. The minimum absolute atomic E-state index is 0.354. The Bertz CT molecular complexity index is 1180. The first-order chi connectivity index (χ1) is 18.0. The topological polar surface area (TPSA) is 60.4 Å².